The molecule has 0 unspecified atom stereocenters. The molecule has 72 valence electrons. The Labute approximate surface area is 90.6 Å². The maximum Gasteiger partial charge on any atom is 0.300 e. The SMILES string of the molecule is C#CC(=O)Nc1cc(Cl)c(O)c(Cl)c1. The van der Waals surface area contributed by atoms with E-state index in [4.69, 9.17) is 29.6 Å². The van der Waals surface area contributed by atoms with Gasteiger partial charge in [0.25, 0.3) is 5.91 Å². The molecule has 1 rings (SSSR count). The monoisotopic (exact) mass is 229 g/mol. The summed E-state index contributed by atoms with van der Waals surface area (Å²) in [6.45, 7) is 0. The summed E-state index contributed by atoms with van der Waals surface area (Å²) >= 11 is 11.2. The van der Waals surface area contributed by atoms with Gasteiger partial charge in [0.05, 0.1) is 10.0 Å². The van der Waals surface area contributed by atoms with Crippen LogP contribution < -0.4 is 5.32 Å². The zero-order valence-electron chi connectivity index (χ0n) is 6.84. The highest BCUT2D eigenvalue weighted by molar-refractivity contribution is 6.37. The van der Waals surface area contributed by atoms with Gasteiger partial charge >= 0.3 is 0 Å². The van der Waals surface area contributed by atoms with Gasteiger partial charge < -0.3 is 10.4 Å². The summed E-state index contributed by atoms with van der Waals surface area (Å²) in [5, 5.41) is 11.6. The first-order chi connectivity index (χ1) is 6.54. The highest BCUT2D eigenvalue weighted by Crippen LogP contribution is 2.34. The van der Waals surface area contributed by atoms with Crippen LogP contribution in [-0.2, 0) is 4.79 Å². The van der Waals surface area contributed by atoms with Crippen molar-refractivity contribution >= 4 is 34.8 Å². The Bertz CT molecular complexity index is 400. The minimum absolute atomic E-state index is 0.0461. The molecule has 0 aliphatic rings. The first-order valence-electron chi connectivity index (χ1n) is 3.50. The number of rotatable bonds is 1. The van der Waals surface area contributed by atoms with Crippen molar-refractivity contribution in [3.63, 3.8) is 0 Å². The number of phenols is 1. The average molecular weight is 230 g/mol. The summed E-state index contributed by atoms with van der Waals surface area (Å²) in [7, 11) is 0. The Balaban J connectivity index is 3.02. The van der Waals surface area contributed by atoms with E-state index in [0.717, 1.165) is 0 Å². The number of phenolic OH excluding ortho intramolecular Hbond substituents is 1. The molecule has 0 bridgehead atoms. The van der Waals surface area contributed by atoms with Crippen molar-refractivity contribution in [1.82, 2.24) is 0 Å². The van der Waals surface area contributed by atoms with E-state index in [9.17, 15) is 9.90 Å². The van der Waals surface area contributed by atoms with Crippen molar-refractivity contribution in [2.24, 2.45) is 0 Å². The highest BCUT2D eigenvalue weighted by Gasteiger charge is 2.07. The first-order valence-corrected chi connectivity index (χ1v) is 4.26. The summed E-state index contributed by atoms with van der Waals surface area (Å²) in [6.07, 6.45) is 4.85. The Morgan fingerprint density at radius 2 is 1.93 bits per heavy atom. The van der Waals surface area contributed by atoms with Gasteiger partial charge in [-0.1, -0.05) is 23.2 Å². The largest absolute Gasteiger partial charge is 0.505 e. The summed E-state index contributed by atoms with van der Waals surface area (Å²) in [6, 6.07) is 2.69. The summed E-state index contributed by atoms with van der Waals surface area (Å²) < 4.78 is 0. The van der Waals surface area contributed by atoms with Gasteiger partial charge in [-0.3, -0.25) is 4.79 Å². The predicted octanol–water partition coefficient (Wildman–Crippen LogP) is 2.27. The minimum Gasteiger partial charge on any atom is -0.505 e. The van der Waals surface area contributed by atoms with Crippen molar-refractivity contribution in [2.75, 3.05) is 5.32 Å². The molecule has 1 aromatic rings. The molecule has 0 saturated heterocycles. The van der Waals surface area contributed by atoms with Crippen LogP contribution in [0.1, 0.15) is 0 Å². The molecular weight excluding hydrogens is 225 g/mol. The quantitative estimate of drug-likeness (QED) is 0.574. The third-order valence-electron chi connectivity index (χ3n) is 1.41. The zero-order chi connectivity index (χ0) is 10.7. The van der Waals surface area contributed by atoms with Gasteiger partial charge in [0.15, 0.2) is 5.75 Å². The van der Waals surface area contributed by atoms with Gasteiger partial charge in [-0.05, 0) is 18.1 Å². The van der Waals surface area contributed by atoms with Crippen molar-refractivity contribution in [3.8, 4) is 18.1 Å². The van der Waals surface area contributed by atoms with Crippen molar-refractivity contribution in [1.29, 1.82) is 0 Å². The van der Waals surface area contributed by atoms with Crippen LogP contribution in [0.25, 0.3) is 0 Å². The van der Waals surface area contributed by atoms with Gasteiger partial charge in [0.1, 0.15) is 0 Å². The molecule has 2 N–H and O–H groups in total. The number of halogens is 2. The van der Waals surface area contributed by atoms with Gasteiger partial charge in [0, 0.05) is 5.69 Å². The normalized spacial score (nSPS) is 9.21. The number of nitrogens with one attached hydrogen (secondary N) is 1. The molecule has 0 spiro atoms. The van der Waals surface area contributed by atoms with E-state index in [-0.39, 0.29) is 15.8 Å². The second kappa shape index (κ2) is 4.23. The molecule has 3 nitrogen and oxygen atoms in total. The smallest absolute Gasteiger partial charge is 0.300 e. The lowest BCUT2D eigenvalue weighted by Gasteiger charge is -2.04. The maximum absolute atomic E-state index is 10.8. The fourth-order valence-electron chi connectivity index (χ4n) is 0.805. The number of hydrogen-bond acceptors (Lipinski definition) is 2. The summed E-state index contributed by atoms with van der Waals surface area (Å²) in [5.74, 6) is 1.03. The standard InChI is InChI=1S/C9H5Cl2NO2/c1-2-8(13)12-5-3-6(10)9(14)7(11)4-5/h1,3-4,14H,(H,12,13). The summed E-state index contributed by atoms with van der Waals surface area (Å²) in [4.78, 5) is 10.8. The van der Waals surface area contributed by atoms with E-state index in [1.54, 1.807) is 0 Å². The maximum atomic E-state index is 10.8. The number of terminal acetylenes is 1. The van der Waals surface area contributed by atoms with Crippen LogP contribution in [0.4, 0.5) is 5.69 Å². The first kappa shape index (κ1) is 10.7. The van der Waals surface area contributed by atoms with Crippen LogP contribution in [0.2, 0.25) is 10.0 Å². The molecule has 5 heteroatoms. The number of hydrogen-bond donors (Lipinski definition) is 2. The van der Waals surface area contributed by atoms with Crippen LogP contribution >= 0.6 is 23.2 Å². The van der Waals surface area contributed by atoms with Gasteiger partial charge in [0.2, 0.25) is 0 Å². The number of aromatic hydroxyl groups is 1. The molecule has 0 aromatic heterocycles. The van der Waals surface area contributed by atoms with Crippen LogP contribution in [0.15, 0.2) is 12.1 Å². The number of anilines is 1. The Kier molecular flexibility index (Phi) is 3.23. The number of carbonyl (C=O) groups is 1. The van der Waals surface area contributed by atoms with Crippen LogP contribution in [0.5, 0.6) is 5.75 Å². The van der Waals surface area contributed by atoms with Crippen LogP contribution in [0, 0.1) is 12.3 Å². The number of benzene rings is 1. The average Bonchev–Trinajstić information content (AvgIpc) is 2.14. The predicted molar refractivity (Wildman–Crippen MR) is 55.6 cm³/mol. The minimum atomic E-state index is -0.608. The third-order valence-corrected chi connectivity index (χ3v) is 1.98. The lowest BCUT2D eigenvalue weighted by atomic mass is 10.3. The van der Waals surface area contributed by atoms with Crippen molar-refractivity contribution in [2.45, 2.75) is 0 Å². The molecule has 0 aliphatic carbocycles. The number of amides is 1. The molecule has 1 aromatic carbocycles. The van der Waals surface area contributed by atoms with Gasteiger partial charge in [-0.25, -0.2) is 0 Å². The highest BCUT2D eigenvalue weighted by atomic mass is 35.5. The molecule has 0 radical (unpaired) electrons. The third kappa shape index (κ3) is 2.32. The second-order valence-corrected chi connectivity index (χ2v) is 3.20. The van der Waals surface area contributed by atoms with Gasteiger partial charge in [-0.15, -0.1) is 6.42 Å². The Hall–Kier alpha value is -1.37. The van der Waals surface area contributed by atoms with E-state index < -0.39 is 5.91 Å². The molecule has 1 amide bonds. The second-order valence-electron chi connectivity index (χ2n) is 2.39. The van der Waals surface area contributed by atoms with E-state index in [0.29, 0.717) is 5.69 Å². The lowest BCUT2D eigenvalue weighted by molar-refractivity contribution is -0.111. The zero-order valence-corrected chi connectivity index (χ0v) is 8.36. The Morgan fingerprint density at radius 1 is 1.43 bits per heavy atom. The van der Waals surface area contributed by atoms with E-state index in [1.165, 1.54) is 12.1 Å². The molecule has 0 saturated carbocycles. The van der Waals surface area contributed by atoms with Gasteiger partial charge in [-0.2, -0.15) is 0 Å². The molecular formula is C9H5Cl2NO2. The fraction of sp³-hybridized carbons (Fsp3) is 0. The molecule has 0 aliphatic heterocycles. The van der Waals surface area contributed by atoms with Crippen LogP contribution in [-0.4, -0.2) is 11.0 Å². The van der Waals surface area contributed by atoms with Crippen molar-refractivity contribution in [3.05, 3.63) is 22.2 Å². The molecule has 0 fully saturated rings. The van der Waals surface area contributed by atoms with E-state index in [1.807, 2.05) is 5.92 Å². The number of carbonyl (C=O) groups excluding carboxylic acids is 1. The fourth-order valence-corrected chi connectivity index (χ4v) is 1.29. The van der Waals surface area contributed by atoms with Crippen LogP contribution in [0.3, 0.4) is 0 Å². The topological polar surface area (TPSA) is 49.3 Å². The summed E-state index contributed by atoms with van der Waals surface area (Å²) in [5.41, 5.74) is 0.334. The lowest BCUT2D eigenvalue weighted by Crippen LogP contribution is -2.07. The molecule has 0 heterocycles. The van der Waals surface area contributed by atoms with E-state index >= 15 is 0 Å². The van der Waals surface area contributed by atoms with Crippen molar-refractivity contribution < 1.29 is 9.90 Å². The Morgan fingerprint density at radius 3 is 2.36 bits per heavy atom. The molecule has 14 heavy (non-hydrogen) atoms. The van der Waals surface area contributed by atoms with E-state index in [2.05, 4.69) is 5.32 Å². The molecule has 0 atom stereocenters.